The van der Waals surface area contributed by atoms with Gasteiger partial charge in [0.2, 0.25) is 5.91 Å². The van der Waals surface area contributed by atoms with Crippen molar-refractivity contribution in [1.29, 1.82) is 0 Å². The molecule has 1 fully saturated rings. The highest BCUT2D eigenvalue weighted by Gasteiger charge is 2.27. The molecule has 4 nitrogen and oxygen atoms in total. The molecule has 1 heterocycles. The Balaban J connectivity index is 1.85. The molecule has 1 aromatic rings. The van der Waals surface area contributed by atoms with Gasteiger partial charge in [0, 0.05) is 19.1 Å². The summed E-state index contributed by atoms with van der Waals surface area (Å²) >= 11 is 0. The average molecular weight is 246 g/mol. The van der Waals surface area contributed by atoms with Crippen molar-refractivity contribution in [2.24, 2.45) is 11.7 Å². The standard InChI is InChI=1S/C14H20N3O/c1-10-8-16-9-13(10)17-14(18)12(15)7-11-5-3-2-4-6-11/h2-6,10,12-13H,7-9,15H2,1H3,(H,17,18). The lowest BCUT2D eigenvalue weighted by molar-refractivity contribution is -0.123. The summed E-state index contributed by atoms with van der Waals surface area (Å²) in [5, 5.41) is 7.28. The van der Waals surface area contributed by atoms with E-state index in [2.05, 4.69) is 17.6 Å². The van der Waals surface area contributed by atoms with Gasteiger partial charge in [-0.3, -0.25) is 4.79 Å². The van der Waals surface area contributed by atoms with Gasteiger partial charge in [0.05, 0.1) is 6.04 Å². The van der Waals surface area contributed by atoms with Crippen LogP contribution in [0.2, 0.25) is 0 Å². The molecule has 3 N–H and O–H groups in total. The number of hydrogen-bond donors (Lipinski definition) is 2. The minimum absolute atomic E-state index is 0.0761. The van der Waals surface area contributed by atoms with Gasteiger partial charge >= 0.3 is 0 Å². The molecule has 1 aliphatic rings. The number of carbonyl (C=O) groups excluding carboxylic acids is 1. The third-order valence-electron chi connectivity index (χ3n) is 3.39. The van der Waals surface area contributed by atoms with Gasteiger partial charge in [-0.05, 0) is 17.9 Å². The molecule has 0 saturated carbocycles. The first-order valence-corrected chi connectivity index (χ1v) is 6.40. The van der Waals surface area contributed by atoms with Gasteiger partial charge in [0.15, 0.2) is 0 Å². The zero-order valence-electron chi connectivity index (χ0n) is 10.7. The molecule has 4 heteroatoms. The second-order valence-electron chi connectivity index (χ2n) is 4.98. The van der Waals surface area contributed by atoms with Crippen LogP contribution in [0.5, 0.6) is 0 Å². The van der Waals surface area contributed by atoms with Crippen molar-refractivity contribution in [2.75, 3.05) is 13.1 Å². The Morgan fingerprint density at radius 1 is 1.44 bits per heavy atom. The molecule has 0 spiro atoms. The van der Waals surface area contributed by atoms with Crippen molar-refractivity contribution in [3.05, 3.63) is 35.9 Å². The van der Waals surface area contributed by atoms with Crippen LogP contribution in [-0.4, -0.2) is 31.1 Å². The van der Waals surface area contributed by atoms with Crippen LogP contribution in [0.3, 0.4) is 0 Å². The number of rotatable bonds is 4. The Kier molecular flexibility index (Phi) is 4.33. The fraction of sp³-hybridized carbons (Fsp3) is 0.500. The maximum atomic E-state index is 12.0. The summed E-state index contributed by atoms with van der Waals surface area (Å²) in [4.78, 5) is 12.0. The summed E-state index contributed by atoms with van der Waals surface area (Å²) in [6.07, 6.45) is 0.574. The molecule has 3 atom stereocenters. The van der Waals surface area contributed by atoms with Crippen LogP contribution in [-0.2, 0) is 11.2 Å². The Morgan fingerprint density at radius 2 is 2.17 bits per heavy atom. The average Bonchev–Trinajstić information content (AvgIpc) is 2.76. The quantitative estimate of drug-likeness (QED) is 0.802. The van der Waals surface area contributed by atoms with Crippen LogP contribution in [0.4, 0.5) is 0 Å². The van der Waals surface area contributed by atoms with Crippen LogP contribution < -0.4 is 16.4 Å². The smallest absolute Gasteiger partial charge is 0.237 e. The van der Waals surface area contributed by atoms with E-state index >= 15 is 0 Å². The SMILES string of the molecule is CC1C[N]CC1NC(=O)C(N)Cc1ccccc1. The molecule has 1 aliphatic heterocycles. The molecule has 1 amide bonds. The van der Waals surface area contributed by atoms with E-state index in [1.165, 1.54) is 0 Å². The number of benzene rings is 1. The molecule has 18 heavy (non-hydrogen) atoms. The number of hydrogen-bond acceptors (Lipinski definition) is 2. The van der Waals surface area contributed by atoms with Crippen molar-refractivity contribution in [1.82, 2.24) is 10.6 Å². The normalized spacial score (nSPS) is 24.8. The topological polar surface area (TPSA) is 69.2 Å². The molecule has 1 radical (unpaired) electrons. The second kappa shape index (κ2) is 5.98. The van der Waals surface area contributed by atoms with Crippen molar-refractivity contribution >= 4 is 5.91 Å². The lowest BCUT2D eigenvalue weighted by Gasteiger charge is -2.19. The maximum Gasteiger partial charge on any atom is 0.237 e. The Hall–Kier alpha value is -1.39. The van der Waals surface area contributed by atoms with Gasteiger partial charge in [-0.2, -0.15) is 0 Å². The zero-order valence-corrected chi connectivity index (χ0v) is 10.7. The number of nitrogens with two attached hydrogens (primary N) is 1. The summed E-state index contributed by atoms with van der Waals surface area (Å²) in [6, 6.07) is 9.51. The van der Waals surface area contributed by atoms with Gasteiger partial charge in [-0.1, -0.05) is 37.3 Å². The fourth-order valence-electron chi connectivity index (χ4n) is 2.16. The Bertz CT molecular complexity index is 393. The van der Waals surface area contributed by atoms with Crippen LogP contribution >= 0.6 is 0 Å². The van der Waals surface area contributed by atoms with Gasteiger partial charge < -0.3 is 11.1 Å². The van der Waals surface area contributed by atoms with Crippen LogP contribution in [0.1, 0.15) is 12.5 Å². The minimum Gasteiger partial charge on any atom is -0.350 e. The number of amides is 1. The summed E-state index contributed by atoms with van der Waals surface area (Å²) in [5.41, 5.74) is 7.02. The summed E-state index contributed by atoms with van der Waals surface area (Å²) in [7, 11) is 0. The fourth-order valence-corrected chi connectivity index (χ4v) is 2.16. The van der Waals surface area contributed by atoms with Crippen molar-refractivity contribution < 1.29 is 4.79 Å². The Labute approximate surface area is 108 Å². The van der Waals surface area contributed by atoms with E-state index in [1.807, 2.05) is 30.3 Å². The van der Waals surface area contributed by atoms with E-state index in [0.29, 0.717) is 18.9 Å². The van der Waals surface area contributed by atoms with Gasteiger partial charge in [0.1, 0.15) is 0 Å². The highest BCUT2D eigenvalue weighted by Crippen LogP contribution is 2.09. The molecule has 2 rings (SSSR count). The largest absolute Gasteiger partial charge is 0.350 e. The molecular weight excluding hydrogens is 226 g/mol. The monoisotopic (exact) mass is 246 g/mol. The molecule has 3 unspecified atom stereocenters. The van der Waals surface area contributed by atoms with E-state index in [1.54, 1.807) is 0 Å². The number of nitrogens with zero attached hydrogens (tertiary/aromatic N) is 1. The first-order valence-electron chi connectivity index (χ1n) is 6.40. The van der Waals surface area contributed by atoms with E-state index in [0.717, 1.165) is 12.1 Å². The van der Waals surface area contributed by atoms with Crippen molar-refractivity contribution in [3.63, 3.8) is 0 Å². The van der Waals surface area contributed by atoms with Gasteiger partial charge in [-0.15, -0.1) is 0 Å². The molecule has 0 aliphatic carbocycles. The van der Waals surface area contributed by atoms with E-state index in [-0.39, 0.29) is 11.9 Å². The predicted octanol–water partition coefficient (Wildman–Crippen LogP) is 0.295. The highest BCUT2D eigenvalue weighted by molar-refractivity contribution is 5.82. The van der Waals surface area contributed by atoms with E-state index in [9.17, 15) is 4.79 Å². The van der Waals surface area contributed by atoms with Crippen molar-refractivity contribution in [2.45, 2.75) is 25.4 Å². The lowest BCUT2D eigenvalue weighted by Crippen LogP contribution is -2.48. The molecule has 0 aromatic heterocycles. The van der Waals surface area contributed by atoms with Crippen LogP contribution in [0.25, 0.3) is 0 Å². The number of carbonyl (C=O) groups is 1. The summed E-state index contributed by atoms with van der Waals surface area (Å²) < 4.78 is 0. The maximum absolute atomic E-state index is 12.0. The first-order chi connectivity index (χ1) is 8.66. The molecule has 0 bridgehead atoms. The Morgan fingerprint density at radius 3 is 2.78 bits per heavy atom. The molecule has 97 valence electrons. The molecule has 1 saturated heterocycles. The zero-order chi connectivity index (χ0) is 13.0. The van der Waals surface area contributed by atoms with Crippen molar-refractivity contribution in [3.8, 4) is 0 Å². The highest BCUT2D eigenvalue weighted by atomic mass is 16.2. The molecular formula is C14H20N3O. The number of nitrogens with one attached hydrogen (secondary N) is 1. The second-order valence-corrected chi connectivity index (χ2v) is 4.98. The van der Waals surface area contributed by atoms with E-state index < -0.39 is 6.04 Å². The third-order valence-corrected chi connectivity index (χ3v) is 3.39. The van der Waals surface area contributed by atoms with Gasteiger partial charge in [0.25, 0.3) is 0 Å². The first kappa shape index (κ1) is 13.1. The summed E-state index contributed by atoms with van der Waals surface area (Å²) in [5.74, 6) is 0.339. The minimum atomic E-state index is -0.486. The van der Waals surface area contributed by atoms with E-state index in [4.69, 9.17) is 5.73 Å². The lowest BCUT2D eigenvalue weighted by atomic mass is 10.0. The summed E-state index contributed by atoms with van der Waals surface area (Å²) in [6.45, 7) is 3.65. The third kappa shape index (κ3) is 3.31. The molecule has 1 aromatic carbocycles. The van der Waals surface area contributed by atoms with Crippen LogP contribution in [0.15, 0.2) is 30.3 Å². The van der Waals surface area contributed by atoms with Crippen LogP contribution in [0, 0.1) is 5.92 Å². The predicted molar refractivity (Wildman–Crippen MR) is 71.1 cm³/mol. The van der Waals surface area contributed by atoms with Gasteiger partial charge in [-0.25, -0.2) is 5.32 Å².